The molecule has 0 aliphatic heterocycles. The maximum atomic E-state index is 6.25. The van der Waals surface area contributed by atoms with Gasteiger partial charge in [0.1, 0.15) is 11.2 Å². The monoisotopic (exact) mass is 613 g/mol. The molecule has 0 bridgehead atoms. The van der Waals surface area contributed by atoms with E-state index in [-0.39, 0.29) is 0 Å². The van der Waals surface area contributed by atoms with Gasteiger partial charge in [-0.05, 0) is 92.7 Å². The third kappa shape index (κ3) is 4.92. The Morgan fingerprint density at radius 2 is 0.875 bits per heavy atom. The normalized spacial score (nSPS) is 11.3. The summed E-state index contributed by atoms with van der Waals surface area (Å²) in [5.74, 6) is 0. The summed E-state index contributed by atoms with van der Waals surface area (Å²) in [6.07, 6.45) is 0. The van der Waals surface area contributed by atoms with E-state index in [1.54, 1.807) is 0 Å². The zero-order chi connectivity index (χ0) is 31.9. The second-order valence-electron chi connectivity index (χ2n) is 12.2. The number of para-hydroxylation sites is 1. The number of benzene rings is 8. The number of nitrogens with zero attached hydrogens (tertiary/aromatic N) is 1. The van der Waals surface area contributed by atoms with Gasteiger partial charge in [-0.3, -0.25) is 0 Å². The van der Waals surface area contributed by atoms with Crippen LogP contribution in [0.25, 0.3) is 66.1 Å². The summed E-state index contributed by atoms with van der Waals surface area (Å²) in [4.78, 5) is 2.36. The van der Waals surface area contributed by atoms with Gasteiger partial charge in [0.15, 0.2) is 0 Å². The molecule has 0 N–H and O–H groups in total. The Bertz CT molecular complexity index is 2560. The second kappa shape index (κ2) is 11.8. The van der Waals surface area contributed by atoms with Crippen LogP contribution < -0.4 is 4.90 Å². The molecule has 0 fully saturated rings. The van der Waals surface area contributed by atoms with Crippen molar-refractivity contribution in [3.63, 3.8) is 0 Å². The largest absolute Gasteiger partial charge is 0.456 e. The molecule has 1 aromatic heterocycles. The van der Waals surface area contributed by atoms with Gasteiger partial charge in [0.2, 0.25) is 0 Å². The molecule has 9 aromatic rings. The lowest BCUT2D eigenvalue weighted by Gasteiger charge is -2.27. The van der Waals surface area contributed by atoms with Crippen LogP contribution in [-0.2, 0) is 0 Å². The number of anilines is 3. The fourth-order valence-electron chi connectivity index (χ4n) is 7.00. The van der Waals surface area contributed by atoms with Gasteiger partial charge in [-0.15, -0.1) is 0 Å². The highest BCUT2D eigenvalue weighted by atomic mass is 16.3. The molecule has 0 aliphatic rings. The van der Waals surface area contributed by atoms with Crippen molar-refractivity contribution in [1.82, 2.24) is 0 Å². The lowest BCUT2D eigenvalue weighted by atomic mass is 9.97. The molecule has 0 saturated heterocycles. The molecule has 0 spiro atoms. The summed E-state index contributed by atoms with van der Waals surface area (Å²) in [5, 5.41) is 4.76. The van der Waals surface area contributed by atoms with Crippen molar-refractivity contribution in [2.45, 2.75) is 0 Å². The van der Waals surface area contributed by atoms with Crippen molar-refractivity contribution < 1.29 is 4.42 Å². The van der Waals surface area contributed by atoms with Crippen LogP contribution >= 0.6 is 0 Å². The molecule has 2 heteroatoms. The van der Waals surface area contributed by atoms with Crippen LogP contribution in [0, 0.1) is 0 Å². The number of hydrogen-bond donors (Lipinski definition) is 0. The van der Waals surface area contributed by atoms with Crippen molar-refractivity contribution in [2.24, 2.45) is 0 Å². The molecule has 0 saturated carbocycles. The Balaban J connectivity index is 1.21. The van der Waals surface area contributed by atoms with Gasteiger partial charge in [0.05, 0.1) is 0 Å². The summed E-state index contributed by atoms with van der Waals surface area (Å²) >= 11 is 0. The van der Waals surface area contributed by atoms with Crippen LogP contribution in [0.15, 0.2) is 192 Å². The quantitative estimate of drug-likeness (QED) is 0.185. The second-order valence-corrected chi connectivity index (χ2v) is 12.2. The average Bonchev–Trinajstić information content (AvgIpc) is 3.55. The standard InChI is InChI=1S/C46H31NO/c1-2-12-32(13-3-1)33-26-28-37(29-27-33)47(38-18-8-16-35(30-38)41-22-10-15-34-14-4-5-20-40(34)41)39-19-9-17-36(31-39)42-23-11-25-45-46(42)43-21-6-7-24-44(43)48-45/h1-31H. The molecule has 9 rings (SSSR count). The zero-order valence-electron chi connectivity index (χ0n) is 26.3. The molecule has 2 nitrogen and oxygen atoms in total. The van der Waals surface area contributed by atoms with E-state index >= 15 is 0 Å². The van der Waals surface area contributed by atoms with Crippen molar-refractivity contribution in [3.8, 4) is 33.4 Å². The van der Waals surface area contributed by atoms with Crippen molar-refractivity contribution in [3.05, 3.63) is 188 Å². The van der Waals surface area contributed by atoms with Gasteiger partial charge in [0, 0.05) is 27.8 Å². The van der Waals surface area contributed by atoms with E-state index in [0.29, 0.717) is 0 Å². The van der Waals surface area contributed by atoms with E-state index in [1.165, 1.54) is 33.0 Å². The predicted octanol–water partition coefficient (Wildman–Crippen LogP) is 13.2. The highest BCUT2D eigenvalue weighted by Crippen LogP contribution is 2.42. The molecule has 0 aliphatic carbocycles. The van der Waals surface area contributed by atoms with Crippen LogP contribution in [0.5, 0.6) is 0 Å². The van der Waals surface area contributed by atoms with Gasteiger partial charge in [-0.25, -0.2) is 0 Å². The number of hydrogen-bond acceptors (Lipinski definition) is 2. The van der Waals surface area contributed by atoms with E-state index in [4.69, 9.17) is 4.42 Å². The summed E-state index contributed by atoms with van der Waals surface area (Å²) < 4.78 is 6.25. The van der Waals surface area contributed by atoms with Gasteiger partial charge in [-0.1, -0.05) is 140 Å². The van der Waals surface area contributed by atoms with E-state index in [0.717, 1.165) is 50.1 Å². The van der Waals surface area contributed by atoms with Gasteiger partial charge in [-0.2, -0.15) is 0 Å². The van der Waals surface area contributed by atoms with Gasteiger partial charge in [0.25, 0.3) is 0 Å². The average molecular weight is 614 g/mol. The maximum Gasteiger partial charge on any atom is 0.136 e. The molecular formula is C46H31NO. The lowest BCUT2D eigenvalue weighted by Crippen LogP contribution is -2.10. The fraction of sp³-hybridized carbons (Fsp3) is 0. The van der Waals surface area contributed by atoms with Crippen molar-refractivity contribution >= 4 is 49.8 Å². The molecule has 0 amide bonds. The van der Waals surface area contributed by atoms with Crippen molar-refractivity contribution in [2.75, 3.05) is 4.90 Å². The van der Waals surface area contributed by atoms with E-state index in [9.17, 15) is 0 Å². The minimum absolute atomic E-state index is 0.898. The Hall–Kier alpha value is -6.38. The van der Waals surface area contributed by atoms with Gasteiger partial charge >= 0.3 is 0 Å². The van der Waals surface area contributed by atoms with E-state index in [2.05, 4.69) is 181 Å². The number of rotatable bonds is 6. The Kier molecular flexibility index (Phi) is 6.84. The van der Waals surface area contributed by atoms with Gasteiger partial charge < -0.3 is 9.32 Å². The first-order valence-electron chi connectivity index (χ1n) is 16.3. The highest BCUT2D eigenvalue weighted by Gasteiger charge is 2.17. The van der Waals surface area contributed by atoms with E-state index < -0.39 is 0 Å². The molecular weight excluding hydrogens is 583 g/mol. The highest BCUT2D eigenvalue weighted by molar-refractivity contribution is 6.12. The Morgan fingerprint density at radius 3 is 1.67 bits per heavy atom. The maximum absolute atomic E-state index is 6.25. The van der Waals surface area contributed by atoms with Crippen LogP contribution in [0.3, 0.4) is 0 Å². The molecule has 8 aromatic carbocycles. The molecule has 0 radical (unpaired) electrons. The Morgan fingerprint density at radius 1 is 0.333 bits per heavy atom. The third-order valence-electron chi connectivity index (χ3n) is 9.26. The molecule has 48 heavy (non-hydrogen) atoms. The molecule has 0 atom stereocenters. The fourth-order valence-corrected chi connectivity index (χ4v) is 7.00. The molecule has 0 unspecified atom stereocenters. The minimum atomic E-state index is 0.898. The minimum Gasteiger partial charge on any atom is -0.456 e. The van der Waals surface area contributed by atoms with Crippen LogP contribution in [0.4, 0.5) is 17.1 Å². The van der Waals surface area contributed by atoms with E-state index in [1.807, 2.05) is 12.1 Å². The summed E-state index contributed by atoms with van der Waals surface area (Å²) in [6.45, 7) is 0. The molecule has 1 heterocycles. The smallest absolute Gasteiger partial charge is 0.136 e. The first-order chi connectivity index (χ1) is 23.8. The number of furan rings is 1. The van der Waals surface area contributed by atoms with Crippen molar-refractivity contribution in [1.29, 1.82) is 0 Å². The Labute approximate surface area is 279 Å². The third-order valence-corrected chi connectivity index (χ3v) is 9.26. The summed E-state index contributed by atoms with van der Waals surface area (Å²) in [6, 6.07) is 67.0. The topological polar surface area (TPSA) is 16.4 Å². The number of fused-ring (bicyclic) bond motifs is 4. The molecule has 226 valence electrons. The lowest BCUT2D eigenvalue weighted by molar-refractivity contribution is 0.669. The zero-order valence-corrected chi connectivity index (χ0v) is 26.3. The SMILES string of the molecule is c1ccc(-c2ccc(N(c3cccc(-c4cccc5ccccc45)c3)c3cccc(-c4cccc5oc6ccccc6c45)c3)cc2)cc1. The first kappa shape index (κ1) is 27.9. The first-order valence-corrected chi connectivity index (χ1v) is 16.3. The van der Waals surface area contributed by atoms with Crippen LogP contribution in [0.1, 0.15) is 0 Å². The predicted molar refractivity (Wildman–Crippen MR) is 202 cm³/mol. The summed E-state index contributed by atoms with van der Waals surface area (Å²) in [5.41, 5.74) is 12.2. The van der Waals surface area contributed by atoms with Crippen LogP contribution in [0.2, 0.25) is 0 Å². The van der Waals surface area contributed by atoms with Crippen LogP contribution in [-0.4, -0.2) is 0 Å². The summed E-state index contributed by atoms with van der Waals surface area (Å²) in [7, 11) is 0.